The number of amides is 1. The van der Waals surface area contributed by atoms with Crippen molar-refractivity contribution in [3.05, 3.63) is 30.1 Å². The number of hydrogen-bond acceptors (Lipinski definition) is 2. The number of benzene rings is 1. The Balaban J connectivity index is 1.86. The molecule has 1 aliphatic rings. The molecule has 1 atom stereocenters. The quantitative estimate of drug-likeness (QED) is 0.873. The fourth-order valence-corrected chi connectivity index (χ4v) is 2.20. The summed E-state index contributed by atoms with van der Waals surface area (Å²) in [7, 11) is 2.04. The van der Waals surface area contributed by atoms with Crippen molar-refractivity contribution < 1.29 is 9.18 Å². The highest BCUT2D eigenvalue weighted by atomic mass is 19.1. The van der Waals surface area contributed by atoms with Gasteiger partial charge in [0, 0.05) is 18.2 Å². The fraction of sp³-hybridized carbons (Fsp3) is 0.462. The summed E-state index contributed by atoms with van der Waals surface area (Å²) >= 11 is 0. The lowest BCUT2D eigenvalue weighted by Crippen LogP contribution is -2.29. The van der Waals surface area contributed by atoms with Gasteiger partial charge >= 0.3 is 0 Å². The highest BCUT2D eigenvalue weighted by molar-refractivity contribution is 5.91. The molecule has 1 saturated heterocycles. The minimum Gasteiger partial charge on any atom is -0.326 e. The molecule has 0 spiro atoms. The van der Waals surface area contributed by atoms with Gasteiger partial charge in [0.2, 0.25) is 5.91 Å². The predicted molar refractivity (Wildman–Crippen MR) is 65.3 cm³/mol. The van der Waals surface area contributed by atoms with Crippen LogP contribution >= 0.6 is 0 Å². The first kappa shape index (κ1) is 12.0. The van der Waals surface area contributed by atoms with E-state index in [0.717, 1.165) is 19.4 Å². The van der Waals surface area contributed by atoms with Crippen LogP contribution < -0.4 is 5.32 Å². The number of carbonyl (C=O) groups excluding carboxylic acids is 1. The second-order valence-electron chi connectivity index (χ2n) is 4.54. The summed E-state index contributed by atoms with van der Waals surface area (Å²) in [5.41, 5.74) is 0.650. The molecule has 0 aliphatic carbocycles. The zero-order valence-corrected chi connectivity index (χ0v) is 9.95. The molecule has 1 unspecified atom stereocenters. The largest absolute Gasteiger partial charge is 0.326 e. The van der Waals surface area contributed by atoms with Gasteiger partial charge in [0.05, 0.1) is 0 Å². The van der Waals surface area contributed by atoms with E-state index in [1.54, 1.807) is 12.1 Å². The van der Waals surface area contributed by atoms with Crippen molar-refractivity contribution in [1.82, 2.24) is 4.90 Å². The fourth-order valence-electron chi connectivity index (χ4n) is 2.20. The van der Waals surface area contributed by atoms with E-state index in [4.69, 9.17) is 0 Å². The van der Waals surface area contributed by atoms with Crippen LogP contribution in [0.5, 0.6) is 0 Å². The lowest BCUT2D eigenvalue weighted by atomic mass is 10.1. The van der Waals surface area contributed by atoms with Crippen molar-refractivity contribution in [3.8, 4) is 0 Å². The molecule has 1 fully saturated rings. The highest BCUT2D eigenvalue weighted by Crippen LogP contribution is 2.18. The minimum absolute atomic E-state index is 0.00430. The molecule has 0 aromatic heterocycles. The topological polar surface area (TPSA) is 32.3 Å². The molecular formula is C13H17FN2O. The second kappa shape index (κ2) is 5.27. The second-order valence-corrected chi connectivity index (χ2v) is 4.54. The monoisotopic (exact) mass is 236 g/mol. The van der Waals surface area contributed by atoms with Crippen molar-refractivity contribution in [2.24, 2.45) is 0 Å². The van der Waals surface area contributed by atoms with Gasteiger partial charge in [-0.15, -0.1) is 0 Å². The average Bonchev–Trinajstić information content (AvgIpc) is 2.68. The third-order valence-electron chi connectivity index (χ3n) is 3.22. The van der Waals surface area contributed by atoms with Crippen LogP contribution in [0.1, 0.15) is 19.3 Å². The van der Waals surface area contributed by atoms with Crippen molar-refractivity contribution in [3.63, 3.8) is 0 Å². The maximum Gasteiger partial charge on any atom is 0.225 e. The molecule has 0 bridgehead atoms. The maximum atomic E-state index is 12.7. The van der Waals surface area contributed by atoms with Crippen LogP contribution in [0, 0.1) is 5.82 Å². The van der Waals surface area contributed by atoms with Gasteiger partial charge in [-0.05, 0) is 50.7 Å². The molecule has 17 heavy (non-hydrogen) atoms. The first-order valence-electron chi connectivity index (χ1n) is 5.91. The van der Waals surface area contributed by atoms with E-state index in [1.165, 1.54) is 12.1 Å². The Hall–Kier alpha value is -1.42. The molecule has 1 amide bonds. The number of halogens is 1. The zero-order valence-electron chi connectivity index (χ0n) is 9.95. The third kappa shape index (κ3) is 3.27. The first-order chi connectivity index (χ1) is 8.15. The predicted octanol–water partition coefficient (Wildman–Crippen LogP) is 2.25. The van der Waals surface area contributed by atoms with Crippen LogP contribution in [0.4, 0.5) is 10.1 Å². The molecule has 3 nitrogen and oxygen atoms in total. The number of nitrogens with one attached hydrogen (secondary N) is 1. The molecule has 92 valence electrons. The van der Waals surface area contributed by atoms with E-state index in [9.17, 15) is 9.18 Å². The van der Waals surface area contributed by atoms with E-state index in [-0.39, 0.29) is 11.7 Å². The van der Waals surface area contributed by atoms with Crippen LogP contribution in [-0.4, -0.2) is 30.4 Å². The number of nitrogens with zero attached hydrogens (tertiary/aromatic N) is 1. The zero-order chi connectivity index (χ0) is 12.3. The van der Waals surface area contributed by atoms with Crippen molar-refractivity contribution in [1.29, 1.82) is 0 Å². The molecule has 2 rings (SSSR count). The number of anilines is 1. The molecule has 4 heteroatoms. The summed E-state index contributed by atoms with van der Waals surface area (Å²) in [6.07, 6.45) is 2.74. The summed E-state index contributed by atoms with van der Waals surface area (Å²) in [5, 5.41) is 2.78. The Bertz CT molecular complexity index is 391. The van der Waals surface area contributed by atoms with Gasteiger partial charge in [-0.25, -0.2) is 4.39 Å². The normalized spacial score (nSPS) is 20.5. The van der Waals surface area contributed by atoms with Crippen molar-refractivity contribution in [2.75, 3.05) is 18.9 Å². The lowest BCUT2D eigenvalue weighted by molar-refractivity contribution is -0.117. The molecule has 1 aliphatic heterocycles. The van der Waals surface area contributed by atoms with Gasteiger partial charge in [0.15, 0.2) is 0 Å². The summed E-state index contributed by atoms with van der Waals surface area (Å²) in [4.78, 5) is 14.0. The van der Waals surface area contributed by atoms with Crippen LogP contribution in [-0.2, 0) is 4.79 Å². The Labute approximate surface area is 101 Å². The summed E-state index contributed by atoms with van der Waals surface area (Å²) in [6.45, 7) is 1.06. The van der Waals surface area contributed by atoms with E-state index in [1.807, 2.05) is 7.05 Å². The van der Waals surface area contributed by atoms with E-state index in [2.05, 4.69) is 10.2 Å². The van der Waals surface area contributed by atoms with Gasteiger partial charge in [-0.1, -0.05) is 0 Å². The molecule has 0 saturated carbocycles. The minimum atomic E-state index is -0.293. The Morgan fingerprint density at radius 1 is 1.47 bits per heavy atom. The van der Waals surface area contributed by atoms with Gasteiger partial charge in [-0.3, -0.25) is 4.79 Å². The van der Waals surface area contributed by atoms with Gasteiger partial charge < -0.3 is 10.2 Å². The van der Waals surface area contributed by atoms with Crippen LogP contribution in [0.25, 0.3) is 0 Å². The summed E-state index contributed by atoms with van der Waals surface area (Å²) in [5.74, 6) is -0.297. The molecule has 0 radical (unpaired) electrons. The van der Waals surface area contributed by atoms with E-state index in [0.29, 0.717) is 18.2 Å². The van der Waals surface area contributed by atoms with Crippen LogP contribution in [0.2, 0.25) is 0 Å². The number of rotatable bonds is 3. The van der Waals surface area contributed by atoms with Gasteiger partial charge in [0.25, 0.3) is 0 Å². The van der Waals surface area contributed by atoms with Crippen LogP contribution in [0.3, 0.4) is 0 Å². The molecular weight excluding hydrogens is 219 g/mol. The molecule has 1 heterocycles. The van der Waals surface area contributed by atoms with Gasteiger partial charge in [-0.2, -0.15) is 0 Å². The average molecular weight is 236 g/mol. The SMILES string of the molecule is CN1CCCC1CC(=O)Nc1ccc(F)cc1. The van der Waals surface area contributed by atoms with Crippen LogP contribution in [0.15, 0.2) is 24.3 Å². The number of likely N-dealkylation sites (tertiary alicyclic amines) is 1. The smallest absolute Gasteiger partial charge is 0.225 e. The van der Waals surface area contributed by atoms with E-state index < -0.39 is 0 Å². The summed E-state index contributed by atoms with van der Waals surface area (Å²) in [6, 6.07) is 6.18. The number of carbonyl (C=O) groups is 1. The highest BCUT2D eigenvalue weighted by Gasteiger charge is 2.23. The molecule has 1 aromatic rings. The Morgan fingerprint density at radius 2 is 2.18 bits per heavy atom. The molecule has 1 N–H and O–H groups in total. The van der Waals surface area contributed by atoms with Crippen molar-refractivity contribution in [2.45, 2.75) is 25.3 Å². The first-order valence-corrected chi connectivity index (χ1v) is 5.91. The van der Waals surface area contributed by atoms with E-state index >= 15 is 0 Å². The number of hydrogen-bond donors (Lipinski definition) is 1. The maximum absolute atomic E-state index is 12.7. The Kier molecular flexibility index (Phi) is 3.74. The summed E-state index contributed by atoms with van der Waals surface area (Å²) < 4.78 is 12.7. The van der Waals surface area contributed by atoms with Gasteiger partial charge in [0.1, 0.15) is 5.82 Å². The molecule has 1 aromatic carbocycles. The third-order valence-corrected chi connectivity index (χ3v) is 3.22. The lowest BCUT2D eigenvalue weighted by Gasteiger charge is -2.18. The standard InChI is InChI=1S/C13H17FN2O/c1-16-8-2-3-12(16)9-13(17)15-11-6-4-10(14)5-7-11/h4-7,12H,2-3,8-9H2,1H3,(H,15,17). The Morgan fingerprint density at radius 3 is 2.76 bits per heavy atom. The van der Waals surface area contributed by atoms with Crippen molar-refractivity contribution >= 4 is 11.6 Å².